The van der Waals surface area contributed by atoms with Crippen LogP contribution in [0.3, 0.4) is 0 Å². The molecule has 0 atom stereocenters. The predicted octanol–water partition coefficient (Wildman–Crippen LogP) is 2.47. The first-order chi connectivity index (χ1) is 7.42. The van der Waals surface area contributed by atoms with E-state index in [0.29, 0.717) is 0 Å². The Kier molecular flexibility index (Phi) is 2.83. The summed E-state index contributed by atoms with van der Waals surface area (Å²) in [6.45, 7) is 4.41. The quantitative estimate of drug-likeness (QED) is 0.766. The van der Waals surface area contributed by atoms with Crippen molar-refractivity contribution in [2.45, 2.75) is 0 Å². The largest absolute Gasteiger partial charge is 0.367 e. The van der Waals surface area contributed by atoms with Gasteiger partial charge in [0.05, 0.1) is 11.9 Å². The Balaban J connectivity index is 2.29. The van der Waals surface area contributed by atoms with Crippen LogP contribution in [0.1, 0.15) is 0 Å². The molecule has 3 nitrogen and oxygen atoms in total. The summed E-state index contributed by atoms with van der Waals surface area (Å²) in [6, 6.07) is 12.0. The summed E-state index contributed by atoms with van der Waals surface area (Å²) in [5, 5.41) is 7.48. The van der Waals surface area contributed by atoms with Crippen molar-refractivity contribution in [2.24, 2.45) is 0 Å². The number of aromatic nitrogens is 2. The van der Waals surface area contributed by atoms with Crippen LogP contribution in [0.2, 0.25) is 0 Å². The number of nitrogens with one attached hydrogen (secondary N) is 1. The molecule has 2 rings (SSSR count). The maximum atomic E-state index is 4.26. The number of anilines is 1. The van der Waals surface area contributed by atoms with E-state index in [9.17, 15) is 0 Å². The first-order valence-electron chi connectivity index (χ1n) is 4.86. The lowest BCUT2D eigenvalue weighted by Crippen LogP contribution is -2.05. The molecule has 0 spiro atoms. The van der Waals surface area contributed by atoms with E-state index < -0.39 is 0 Å². The zero-order valence-corrected chi connectivity index (χ0v) is 8.43. The Morgan fingerprint density at radius 1 is 1.27 bits per heavy atom. The van der Waals surface area contributed by atoms with Crippen LogP contribution < -0.4 is 5.32 Å². The van der Waals surface area contributed by atoms with Gasteiger partial charge in [-0.3, -0.25) is 0 Å². The van der Waals surface area contributed by atoms with Crippen LogP contribution in [0.5, 0.6) is 0 Å². The zero-order chi connectivity index (χ0) is 10.5. The van der Waals surface area contributed by atoms with E-state index in [2.05, 4.69) is 17.0 Å². The van der Waals surface area contributed by atoms with Crippen molar-refractivity contribution in [3.8, 4) is 5.69 Å². The van der Waals surface area contributed by atoms with Crippen molar-refractivity contribution >= 4 is 5.82 Å². The van der Waals surface area contributed by atoms with Crippen LogP contribution in [0.4, 0.5) is 5.82 Å². The molecule has 0 unspecified atom stereocenters. The number of nitrogens with zero attached hydrogens (tertiary/aromatic N) is 2. The molecule has 1 aromatic carbocycles. The highest BCUT2D eigenvalue weighted by atomic mass is 15.3. The minimum absolute atomic E-state index is 0.735. The monoisotopic (exact) mass is 199 g/mol. The van der Waals surface area contributed by atoms with E-state index in [4.69, 9.17) is 0 Å². The van der Waals surface area contributed by atoms with E-state index in [1.54, 1.807) is 6.20 Å². The minimum Gasteiger partial charge on any atom is -0.367 e. The third-order valence-electron chi connectivity index (χ3n) is 2.07. The summed E-state index contributed by atoms with van der Waals surface area (Å²) in [7, 11) is 0. The molecular formula is C12H13N3. The van der Waals surface area contributed by atoms with E-state index >= 15 is 0 Å². The normalized spacial score (nSPS) is 9.87. The van der Waals surface area contributed by atoms with Gasteiger partial charge in [-0.1, -0.05) is 24.3 Å². The Hall–Kier alpha value is -2.03. The second-order valence-corrected chi connectivity index (χ2v) is 3.13. The highest BCUT2D eigenvalue weighted by Gasteiger charge is 2.01. The number of rotatable bonds is 4. The topological polar surface area (TPSA) is 29.9 Å². The minimum atomic E-state index is 0.735. The lowest BCUT2D eigenvalue weighted by atomic mass is 10.3. The lowest BCUT2D eigenvalue weighted by molar-refractivity contribution is 0.882. The summed E-state index contributed by atoms with van der Waals surface area (Å²) in [5.74, 6) is 0.973. The third kappa shape index (κ3) is 2.07. The highest BCUT2D eigenvalue weighted by Crippen LogP contribution is 2.13. The molecule has 1 N–H and O–H groups in total. The van der Waals surface area contributed by atoms with E-state index in [0.717, 1.165) is 18.1 Å². The van der Waals surface area contributed by atoms with Gasteiger partial charge in [-0.15, -0.1) is 6.58 Å². The lowest BCUT2D eigenvalue weighted by Gasteiger charge is -2.07. The van der Waals surface area contributed by atoms with Crippen molar-refractivity contribution in [3.63, 3.8) is 0 Å². The van der Waals surface area contributed by atoms with Gasteiger partial charge >= 0.3 is 0 Å². The predicted molar refractivity (Wildman–Crippen MR) is 62.3 cm³/mol. The molecule has 0 fully saturated rings. The van der Waals surface area contributed by atoms with E-state index in [1.165, 1.54) is 0 Å². The van der Waals surface area contributed by atoms with Crippen LogP contribution in [0, 0.1) is 0 Å². The van der Waals surface area contributed by atoms with Crippen LogP contribution in [0.25, 0.3) is 5.69 Å². The molecule has 0 bridgehead atoms. The average Bonchev–Trinajstić information content (AvgIpc) is 2.75. The van der Waals surface area contributed by atoms with Crippen LogP contribution >= 0.6 is 0 Å². The van der Waals surface area contributed by atoms with Crippen LogP contribution in [-0.2, 0) is 0 Å². The maximum absolute atomic E-state index is 4.26. The molecular weight excluding hydrogens is 186 g/mol. The Bertz CT molecular complexity index is 431. The molecule has 0 aliphatic heterocycles. The third-order valence-corrected chi connectivity index (χ3v) is 2.07. The molecule has 0 saturated heterocycles. The van der Waals surface area contributed by atoms with Crippen LogP contribution in [0.15, 0.2) is 55.3 Å². The summed E-state index contributed by atoms with van der Waals surface area (Å²) in [5.41, 5.74) is 1.05. The molecule has 0 radical (unpaired) electrons. The number of para-hydroxylation sites is 1. The van der Waals surface area contributed by atoms with Gasteiger partial charge in [0.15, 0.2) is 0 Å². The fourth-order valence-corrected chi connectivity index (χ4v) is 1.39. The van der Waals surface area contributed by atoms with Gasteiger partial charge < -0.3 is 5.32 Å². The molecule has 15 heavy (non-hydrogen) atoms. The van der Waals surface area contributed by atoms with Crippen molar-refractivity contribution in [3.05, 3.63) is 55.3 Å². The fraction of sp³-hybridized carbons (Fsp3) is 0.0833. The molecule has 0 aliphatic rings. The van der Waals surface area contributed by atoms with Gasteiger partial charge in [0.1, 0.15) is 5.82 Å². The Morgan fingerprint density at radius 2 is 2.07 bits per heavy atom. The number of hydrogen-bond acceptors (Lipinski definition) is 2. The molecule has 0 amide bonds. The molecule has 1 heterocycles. The summed E-state index contributed by atoms with van der Waals surface area (Å²) < 4.78 is 1.86. The summed E-state index contributed by atoms with van der Waals surface area (Å²) in [4.78, 5) is 0. The molecule has 0 saturated carbocycles. The van der Waals surface area contributed by atoms with Gasteiger partial charge in [0.2, 0.25) is 0 Å². The fourth-order valence-electron chi connectivity index (χ4n) is 1.39. The average molecular weight is 199 g/mol. The van der Waals surface area contributed by atoms with Gasteiger partial charge in [-0.05, 0) is 12.1 Å². The molecule has 0 aliphatic carbocycles. The second kappa shape index (κ2) is 4.46. The van der Waals surface area contributed by atoms with E-state index in [1.807, 2.05) is 47.2 Å². The van der Waals surface area contributed by atoms with Crippen molar-refractivity contribution in [1.29, 1.82) is 0 Å². The SMILES string of the molecule is C=CCNc1ccnn1-c1ccccc1. The summed E-state index contributed by atoms with van der Waals surface area (Å²) >= 11 is 0. The standard InChI is InChI=1S/C12H13N3/c1-2-9-13-12-8-10-14-15(12)11-6-4-3-5-7-11/h2-8,10,13H,1,9H2. The van der Waals surface area contributed by atoms with Crippen LogP contribution in [-0.4, -0.2) is 16.3 Å². The smallest absolute Gasteiger partial charge is 0.129 e. The Morgan fingerprint density at radius 3 is 2.80 bits per heavy atom. The van der Waals surface area contributed by atoms with Gasteiger partial charge in [0, 0.05) is 12.6 Å². The molecule has 76 valence electrons. The number of hydrogen-bond donors (Lipinski definition) is 1. The zero-order valence-electron chi connectivity index (χ0n) is 8.43. The maximum Gasteiger partial charge on any atom is 0.129 e. The van der Waals surface area contributed by atoms with Crippen molar-refractivity contribution in [1.82, 2.24) is 9.78 Å². The first-order valence-corrected chi connectivity index (χ1v) is 4.86. The molecule has 3 heteroatoms. The van der Waals surface area contributed by atoms with Gasteiger partial charge in [-0.25, -0.2) is 4.68 Å². The number of benzene rings is 1. The molecule has 1 aromatic heterocycles. The van der Waals surface area contributed by atoms with Gasteiger partial charge in [0.25, 0.3) is 0 Å². The van der Waals surface area contributed by atoms with Gasteiger partial charge in [-0.2, -0.15) is 5.10 Å². The molecule has 2 aromatic rings. The van der Waals surface area contributed by atoms with Crippen molar-refractivity contribution in [2.75, 3.05) is 11.9 Å². The Labute approximate surface area is 89.1 Å². The highest BCUT2D eigenvalue weighted by molar-refractivity contribution is 5.44. The second-order valence-electron chi connectivity index (χ2n) is 3.13. The van der Waals surface area contributed by atoms with Crippen molar-refractivity contribution < 1.29 is 0 Å². The first kappa shape index (κ1) is 9.52. The summed E-state index contributed by atoms with van der Waals surface area (Å²) in [6.07, 6.45) is 3.60. The van der Waals surface area contributed by atoms with E-state index in [-0.39, 0.29) is 0 Å².